The van der Waals surface area contributed by atoms with Gasteiger partial charge in [-0.2, -0.15) is 4.98 Å². The fourth-order valence-electron chi connectivity index (χ4n) is 2.51. The Bertz CT molecular complexity index is 937. The number of para-hydroxylation sites is 2. The summed E-state index contributed by atoms with van der Waals surface area (Å²) in [7, 11) is 4.50. The zero-order valence-electron chi connectivity index (χ0n) is 15.1. The van der Waals surface area contributed by atoms with Crippen LogP contribution in [-0.4, -0.2) is 37.4 Å². The summed E-state index contributed by atoms with van der Waals surface area (Å²) in [5, 5.41) is 3.90. The molecule has 1 aromatic heterocycles. The first-order valence-electron chi connectivity index (χ1n) is 8.02. The Labute approximate surface area is 155 Å². The van der Waals surface area contributed by atoms with E-state index in [9.17, 15) is 4.79 Å². The van der Waals surface area contributed by atoms with E-state index in [4.69, 9.17) is 23.5 Å². The summed E-state index contributed by atoms with van der Waals surface area (Å²) in [5.41, 5.74) is 0.914. The van der Waals surface area contributed by atoms with Crippen LogP contribution in [0, 0.1) is 0 Å². The standard InChI is InChI=1S/C19H18N2O6/c1-23-14-9-5-4-7-12(14)18-20-16(27-21-18)11-26-19(22)13-8-6-10-15(24-2)17(13)25-3/h4-10H,11H2,1-3H3. The van der Waals surface area contributed by atoms with E-state index in [2.05, 4.69) is 10.1 Å². The van der Waals surface area contributed by atoms with Gasteiger partial charge in [-0.25, -0.2) is 4.79 Å². The van der Waals surface area contributed by atoms with Crippen molar-refractivity contribution in [2.75, 3.05) is 21.3 Å². The molecule has 0 saturated carbocycles. The van der Waals surface area contributed by atoms with Crippen molar-refractivity contribution in [3.8, 4) is 28.6 Å². The van der Waals surface area contributed by atoms with Crippen molar-refractivity contribution < 1.29 is 28.3 Å². The molecule has 0 aliphatic heterocycles. The molecule has 0 bridgehead atoms. The molecule has 8 nitrogen and oxygen atoms in total. The Morgan fingerprint density at radius 3 is 2.44 bits per heavy atom. The van der Waals surface area contributed by atoms with Crippen LogP contribution in [0.25, 0.3) is 11.4 Å². The predicted molar refractivity (Wildman–Crippen MR) is 95.0 cm³/mol. The first-order valence-corrected chi connectivity index (χ1v) is 8.02. The van der Waals surface area contributed by atoms with Crippen LogP contribution in [0.2, 0.25) is 0 Å². The zero-order chi connectivity index (χ0) is 19.2. The smallest absolute Gasteiger partial charge is 0.342 e. The molecule has 1 heterocycles. The number of aromatic nitrogens is 2. The molecule has 2 aromatic carbocycles. The average Bonchev–Trinajstić information content (AvgIpc) is 3.20. The highest BCUT2D eigenvalue weighted by atomic mass is 16.6. The second kappa shape index (κ2) is 8.22. The van der Waals surface area contributed by atoms with Crippen LogP contribution in [0.4, 0.5) is 0 Å². The molecular formula is C19H18N2O6. The molecule has 8 heteroatoms. The molecule has 140 valence electrons. The minimum Gasteiger partial charge on any atom is -0.496 e. The summed E-state index contributed by atoms with van der Waals surface area (Å²) in [4.78, 5) is 16.6. The molecule has 0 atom stereocenters. The molecule has 0 amide bonds. The highest BCUT2D eigenvalue weighted by molar-refractivity contribution is 5.93. The van der Waals surface area contributed by atoms with Crippen LogP contribution in [0.3, 0.4) is 0 Å². The Kier molecular flexibility index (Phi) is 5.55. The van der Waals surface area contributed by atoms with Crippen molar-refractivity contribution >= 4 is 5.97 Å². The van der Waals surface area contributed by atoms with Crippen LogP contribution in [0.5, 0.6) is 17.2 Å². The number of nitrogens with zero attached hydrogens (tertiary/aromatic N) is 2. The van der Waals surface area contributed by atoms with Crippen molar-refractivity contribution in [2.45, 2.75) is 6.61 Å². The summed E-state index contributed by atoms with van der Waals surface area (Å²) < 4.78 is 26.1. The van der Waals surface area contributed by atoms with Crippen molar-refractivity contribution in [1.29, 1.82) is 0 Å². The number of methoxy groups -OCH3 is 3. The highest BCUT2D eigenvalue weighted by Gasteiger charge is 2.19. The van der Waals surface area contributed by atoms with Crippen LogP contribution in [0.15, 0.2) is 47.0 Å². The maximum atomic E-state index is 12.4. The molecule has 27 heavy (non-hydrogen) atoms. The normalized spacial score (nSPS) is 10.3. The van der Waals surface area contributed by atoms with Gasteiger partial charge in [0.1, 0.15) is 11.3 Å². The molecule has 0 aliphatic rings. The van der Waals surface area contributed by atoms with Gasteiger partial charge in [-0.15, -0.1) is 0 Å². The van der Waals surface area contributed by atoms with E-state index < -0.39 is 5.97 Å². The maximum Gasteiger partial charge on any atom is 0.342 e. The minimum atomic E-state index is -0.595. The topological polar surface area (TPSA) is 92.9 Å². The fourth-order valence-corrected chi connectivity index (χ4v) is 2.51. The summed E-state index contributed by atoms with van der Waals surface area (Å²) in [6.45, 7) is -0.179. The number of esters is 1. The van der Waals surface area contributed by atoms with E-state index >= 15 is 0 Å². The van der Waals surface area contributed by atoms with Gasteiger partial charge in [0.15, 0.2) is 18.1 Å². The SMILES string of the molecule is COc1ccccc1-c1noc(COC(=O)c2cccc(OC)c2OC)n1. The van der Waals surface area contributed by atoms with Crippen LogP contribution in [0.1, 0.15) is 16.2 Å². The van der Waals surface area contributed by atoms with Crippen molar-refractivity contribution in [1.82, 2.24) is 10.1 Å². The van der Waals surface area contributed by atoms with Crippen molar-refractivity contribution in [2.24, 2.45) is 0 Å². The Balaban J connectivity index is 1.73. The number of carbonyl (C=O) groups is 1. The second-order valence-electron chi connectivity index (χ2n) is 5.33. The lowest BCUT2D eigenvalue weighted by atomic mass is 10.2. The Morgan fingerprint density at radius 1 is 0.963 bits per heavy atom. The van der Waals surface area contributed by atoms with Gasteiger partial charge in [0.05, 0.1) is 26.9 Å². The van der Waals surface area contributed by atoms with Gasteiger partial charge in [-0.3, -0.25) is 0 Å². The molecule has 0 radical (unpaired) electrons. The number of benzene rings is 2. The maximum absolute atomic E-state index is 12.4. The second-order valence-corrected chi connectivity index (χ2v) is 5.33. The summed E-state index contributed by atoms with van der Waals surface area (Å²) in [6, 6.07) is 12.2. The Hall–Kier alpha value is -3.55. The van der Waals surface area contributed by atoms with Gasteiger partial charge in [0, 0.05) is 0 Å². The van der Waals surface area contributed by atoms with Gasteiger partial charge < -0.3 is 23.5 Å². The van der Waals surface area contributed by atoms with Gasteiger partial charge in [0.2, 0.25) is 5.82 Å². The molecule has 0 aliphatic carbocycles. The summed E-state index contributed by atoms with van der Waals surface area (Å²) >= 11 is 0. The minimum absolute atomic E-state index is 0.158. The van der Waals surface area contributed by atoms with Crippen LogP contribution in [-0.2, 0) is 11.3 Å². The number of hydrogen-bond donors (Lipinski definition) is 0. The molecule has 0 spiro atoms. The Morgan fingerprint density at radius 2 is 1.70 bits per heavy atom. The zero-order valence-corrected chi connectivity index (χ0v) is 15.1. The first-order chi connectivity index (χ1) is 13.2. The number of ether oxygens (including phenoxy) is 4. The third kappa shape index (κ3) is 3.84. The number of rotatable bonds is 7. The van der Waals surface area contributed by atoms with Crippen molar-refractivity contribution in [3.63, 3.8) is 0 Å². The number of hydrogen-bond acceptors (Lipinski definition) is 8. The molecule has 3 aromatic rings. The molecule has 0 N–H and O–H groups in total. The van der Waals surface area contributed by atoms with E-state index in [-0.39, 0.29) is 18.1 Å². The third-order valence-electron chi connectivity index (χ3n) is 3.77. The van der Waals surface area contributed by atoms with Crippen LogP contribution >= 0.6 is 0 Å². The van der Waals surface area contributed by atoms with Gasteiger partial charge in [-0.05, 0) is 24.3 Å². The third-order valence-corrected chi connectivity index (χ3v) is 3.77. The predicted octanol–water partition coefficient (Wildman–Crippen LogP) is 3.12. The largest absolute Gasteiger partial charge is 0.496 e. The first kappa shape index (κ1) is 18.2. The molecular weight excluding hydrogens is 352 g/mol. The number of carbonyl (C=O) groups excluding carboxylic acids is 1. The van der Waals surface area contributed by atoms with Crippen LogP contribution < -0.4 is 14.2 Å². The summed E-state index contributed by atoms with van der Waals surface area (Å²) in [6.07, 6.45) is 0. The lowest BCUT2D eigenvalue weighted by Crippen LogP contribution is -2.08. The average molecular weight is 370 g/mol. The van der Waals surface area contributed by atoms with Gasteiger partial charge >= 0.3 is 5.97 Å². The lowest BCUT2D eigenvalue weighted by Gasteiger charge is -2.11. The molecule has 0 unspecified atom stereocenters. The lowest BCUT2D eigenvalue weighted by molar-refractivity contribution is 0.0425. The van der Waals surface area contributed by atoms with Crippen molar-refractivity contribution in [3.05, 3.63) is 53.9 Å². The molecule has 0 saturated heterocycles. The van der Waals surface area contributed by atoms with Gasteiger partial charge in [0.25, 0.3) is 5.89 Å². The van der Waals surface area contributed by atoms with E-state index in [0.717, 1.165) is 0 Å². The van der Waals surface area contributed by atoms with E-state index in [0.29, 0.717) is 28.6 Å². The monoisotopic (exact) mass is 370 g/mol. The fraction of sp³-hybridized carbons (Fsp3) is 0.211. The quantitative estimate of drug-likeness (QED) is 0.586. The molecule has 3 rings (SSSR count). The van der Waals surface area contributed by atoms with E-state index in [1.54, 1.807) is 37.4 Å². The molecule has 0 fully saturated rings. The summed E-state index contributed by atoms with van der Waals surface area (Å²) in [5.74, 6) is 1.25. The van der Waals surface area contributed by atoms with E-state index in [1.807, 2.05) is 12.1 Å². The highest BCUT2D eigenvalue weighted by Crippen LogP contribution is 2.31. The van der Waals surface area contributed by atoms with Gasteiger partial charge in [-0.1, -0.05) is 23.4 Å². The van der Waals surface area contributed by atoms with E-state index in [1.165, 1.54) is 14.2 Å².